The summed E-state index contributed by atoms with van der Waals surface area (Å²) >= 11 is 1.49. The molecule has 0 saturated carbocycles. The lowest BCUT2D eigenvalue weighted by Gasteiger charge is -2.25. The standard InChI is InChI=1S/C16H22N2OS/c1-5-11(6-2)18(4)16(19)15-14(17)12-9-10(3)7-8-13(12)20-15/h7-9,11H,5-6,17H2,1-4H3. The summed E-state index contributed by atoms with van der Waals surface area (Å²) in [7, 11) is 1.87. The van der Waals surface area contributed by atoms with Gasteiger partial charge in [-0.2, -0.15) is 0 Å². The Balaban J connectivity index is 2.42. The van der Waals surface area contributed by atoms with E-state index in [0.29, 0.717) is 10.6 Å². The van der Waals surface area contributed by atoms with E-state index in [2.05, 4.69) is 26.0 Å². The summed E-state index contributed by atoms with van der Waals surface area (Å²) in [5.41, 5.74) is 7.98. The summed E-state index contributed by atoms with van der Waals surface area (Å²) in [5.74, 6) is 0.0371. The van der Waals surface area contributed by atoms with Gasteiger partial charge in [0.15, 0.2) is 0 Å². The fourth-order valence-electron chi connectivity index (χ4n) is 2.55. The summed E-state index contributed by atoms with van der Waals surface area (Å²) in [6.07, 6.45) is 1.92. The van der Waals surface area contributed by atoms with Crippen LogP contribution in [0.25, 0.3) is 10.1 Å². The number of nitrogens with zero attached hydrogens (tertiary/aromatic N) is 1. The third-order valence-electron chi connectivity index (χ3n) is 3.89. The minimum Gasteiger partial charge on any atom is -0.397 e. The lowest BCUT2D eigenvalue weighted by atomic mass is 10.1. The van der Waals surface area contributed by atoms with Crippen molar-refractivity contribution >= 4 is 33.0 Å². The molecule has 0 aliphatic carbocycles. The Bertz CT molecular complexity index is 629. The van der Waals surface area contributed by atoms with E-state index < -0.39 is 0 Å². The normalized spacial score (nSPS) is 11.2. The molecule has 1 amide bonds. The number of anilines is 1. The van der Waals surface area contributed by atoms with Gasteiger partial charge >= 0.3 is 0 Å². The number of nitrogen functional groups attached to an aromatic ring is 1. The number of carbonyl (C=O) groups excluding carboxylic acids is 1. The summed E-state index contributed by atoms with van der Waals surface area (Å²) in [5, 5.41) is 0.997. The molecule has 0 aliphatic rings. The predicted octanol–water partition coefficient (Wildman–Crippen LogP) is 4.05. The van der Waals surface area contributed by atoms with Crippen molar-refractivity contribution in [1.29, 1.82) is 0 Å². The molecular formula is C16H22N2OS. The van der Waals surface area contributed by atoms with E-state index in [-0.39, 0.29) is 11.9 Å². The first-order valence-corrected chi connectivity index (χ1v) is 7.87. The molecule has 20 heavy (non-hydrogen) atoms. The van der Waals surface area contributed by atoms with Gasteiger partial charge < -0.3 is 10.6 Å². The second-order valence-electron chi connectivity index (χ2n) is 5.23. The van der Waals surface area contributed by atoms with Crippen LogP contribution in [0, 0.1) is 6.92 Å². The van der Waals surface area contributed by atoms with E-state index in [9.17, 15) is 4.79 Å². The molecule has 3 nitrogen and oxygen atoms in total. The molecule has 2 N–H and O–H groups in total. The van der Waals surface area contributed by atoms with Gasteiger partial charge in [0.1, 0.15) is 4.88 Å². The predicted molar refractivity (Wildman–Crippen MR) is 87.4 cm³/mol. The average Bonchev–Trinajstić information content (AvgIpc) is 2.76. The Labute approximate surface area is 124 Å². The number of thiophene rings is 1. The van der Waals surface area contributed by atoms with Crippen LogP contribution in [0.15, 0.2) is 18.2 Å². The van der Waals surface area contributed by atoms with E-state index >= 15 is 0 Å². The first-order valence-electron chi connectivity index (χ1n) is 7.05. The summed E-state index contributed by atoms with van der Waals surface area (Å²) in [6, 6.07) is 6.42. The van der Waals surface area contributed by atoms with Crippen molar-refractivity contribution in [3.8, 4) is 0 Å². The molecule has 0 saturated heterocycles. The molecule has 2 aromatic rings. The molecule has 1 aromatic carbocycles. The van der Waals surface area contributed by atoms with Crippen molar-refractivity contribution in [2.75, 3.05) is 12.8 Å². The molecule has 0 bridgehead atoms. The van der Waals surface area contributed by atoms with E-state index in [1.54, 1.807) is 0 Å². The second-order valence-corrected chi connectivity index (χ2v) is 6.28. The Morgan fingerprint density at radius 1 is 1.35 bits per heavy atom. The van der Waals surface area contributed by atoms with E-state index in [1.165, 1.54) is 11.3 Å². The largest absolute Gasteiger partial charge is 0.397 e. The first-order chi connectivity index (χ1) is 9.49. The highest BCUT2D eigenvalue weighted by Crippen LogP contribution is 2.35. The third-order valence-corrected chi connectivity index (χ3v) is 5.06. The van der Waals surface area contributed by atoms with E-state index in [1.807, 2.05) is 24.9 Å². The van der Waals surface area contributed by atoms with Crippen molar-refractivity contribution in [2.45, 2.75) is 39.7 Å². The van der Waals surface area contributed by atoms with Crippen LogP contribution in [-0.4, -0.2) is 23.9 Å². The molecule has 0 radical (unpaired) electrons. The number of hydrogen-bond acceptors (Lipinski definition) is 3. The summed E-state index contributed by atoms with van der Waals surface area (Å²) < 4.78 is 1.08. The zero-order chi connectivity index (χ0) is 14.9. The van der Waals surface area contributed by atoms with Crippen molar-refractivity contribution in [3.05, 3.63) is 28.6 Å². The van der Waals surface area contributed by atoms with E-state index in [4.69, 9.17) is 5.73 Å². The van der Waals surface area contributed by atoms with Crippen LogP contribution < -0.4 is 5.73 Å². The third kappa shape index (κ3) is 2.52. The fourth-order valence-corrected chi connectivity index (χ4v) is 3.64. The van der Waals surface area contributed by atoms with Crippen molar-refractivity contribution in [2.24, 2.45) is 0 Å². The minimum absolute atomic E-state index is 0.0371. The van der Waals surface area contributed by atoms with Crippen LogP contribution in [0.3, 0.4) is 0 Å². The van der Waals surface area contributed by atoms with Crippen LogP contribution in [0.5, 0.6) is 0 Å². The molecule has 2 rings (SSSR count). The van der Waals surface area contributed by atoms with Gasteiger partial charge in [0.05, 0.1) is 5.69 Å². The molecule has 0 spiro atoms. The number of fused-ring (bicyclic) bond motifs is 1. The summed E-state index contributed by atoms with van der Waals surface area (Å²) in [4.78, 5) is 15.1. The molecule has 1 heterocycles. The molecule has 4 heteroatoms. The van der Waals surface area contributed by atoms with Crippen LogP contribution in [0.4, 0.5) is 5.69 Å². The highest BCUT2D eigenvalue weighted by molar-refractivity contribution is 7.21. The number of amides is 1. The van der Waals surface area contributed by atoms with Gasteiger partial charge in [0.2, 0.25) is 0 Å². The van der Waals surface area contributed by atoms with Gasteiger partial charge in [0, 0.05) is 23.2 Å². The lowest BCUT2D eigenvalue weighted by molar-refractivity contribution is 0.0729. The molecule has 0 aliphatic heterocycles. The van der Waals surface area contributed by atoms with Gasteiger partial charge in [0.25, 0.3) is 5.91 Å². The van der Waals surface area contributed by atoms with Crippen molar-refractivity contribution < 1.29 is 4.79 Å². The van der Waals surface area contributed by atoms with Gasteiger partial charge in [-0.15, -0.1) is 11.3 Å². The topological polar surface area (TPSA) is 46.3 Å². The van der Waals surface area contributed by atoms with Crippen LogP contribution in [0.2, 0.25) is 0 Å². The van der Waals surface area contributed by atoms with Gasteiger partial charge in [-0.1, -0.05) is 25.5 Å². The van der Waals surface area contributed by atoms with Gasteiger partial charge in [-0.25, -0.2) is 0 Å². The zero-order valence-electron chi connectivity index (χ0n) is 12.6. The highest BCUT2D eigenvalue weighted by atomic mass is 32.1. The Morgan fingerprint density at radius 2 is 2.00 bits per heavy atom. The Hall–Kier alpha value is -1.55. The second kappa shape index (κ2) is 5.83. The lowest BCUT2D eigenvalue weighted by Crippen LogP contribution is -2.36. The zero-order valence-corrected chi connectivity index (χ0v) is 13.4. The maximum absolute atomic E-state index is 12.6. The first kappa shape index (κ1) is 14.9. The van der Waals surface area contributed by atoms with Crippen molar-refractivity contribution in [3.63, 3.8) is 0 Å². The highest BCUT2D eigenvalue weighted by Gasteiger charge is 2.23. The van der Waals surface area contributed by atoms with Gasteiger partial charge in [-0.05, 0) is 31.9 Å². The fraction of sp³-hybridized carbons (Fsp3) is 0.438. The monoisotopic (exact) mass is 290 g/mol. The number of benzene rings is 1. The maximum atomic E-state index is 12.6. The molecule has 0 fully saturated rings. The number of aryl methyl sites for hydroxylation is 1. The Morgan fingerprint density at radius 3 is 2.60 bits per heavy atom. The maximum Gasteiger partial charge on any atom is 0.266 e. The molecule has 0 atom stereocenters. The summed E-state index contributed by atoms with van der Waals surface area (Å²) in [6.45, 7) is 6.25. The smallest absolute Gasteiger partial charge is 0.266 e. The minimum atomic E-state index is 0.0371. The van der Waals surface area contributed by atoms with Crippen LogP contribution in [0.1, 0.15) is 41.9 Å². The number of nitrogens with two attached hydrogens (primary N) is 1. The van der Waals surface area contributed by atoms with Crippen LogP contribution in [-0.2, 0) is 0 Å². The average molecular weight is 290 g/mol. The van der Waals surface area contributed by atoms with Gasteiger partial charge in [-0.3, -0.25) is 4.79 Å². The molecule has 1 aromatic heterocycles. The molecule has 0 unspecified atom stereocenters. The Kier molecular flexibility index (Phi) is 4.33. The number of hydrogen-bond donors (Lipinski definition) is 1. The number of rotatable bonds is 4. The molecule has 108 valence electrons. The van der Waals surface area contributed by atoms with E-state index in [0.717, 1.165) is 28.5 Å². The quantitative estimate of drug-likeness (QED) is 0.923. The molecular weight excluding hydrogens is 268 g/mol. The van der Waals surface area contributed by atoms with Crippen LogP contribution >= 0.6 is 11.3 Å². The number of carbonyl (C=O) groups is 1. The van der Waals surface area contributed by atoms with Crippen molar-refractivity contribution in [1.82, 2.24) is 4.90 Å². The SMILES string of the molecule is CCC(CC)N(C)C(=O)c1sc2ccc(C)cc2c1N.